The maximum atomic E-state index is 2.54. The molecule has 2 aliphatic rings. The lowest BCUT2D eigenvalue weighted by atomic mass is 9.87. The summed E-state index contributed by atoms with van der Waals surface area (Å²) in [6.07, 6.45) is 7.34. The van der Waals surface area contributed by atoms with Crippen LogP contribution in [0.2, 0.25) is 0 Å². The number of quaternary nitrogens is 1. The van der Waals surface area contributed by atoms with Gasteiger partial charge < -0.3 is 4.48 Å². The molecule has 100 valence electrons. The third-order valence-corrected chi connectivity index (χ3v) is 6.01. The zero-order valence-electron chi connectivity index (χ0n) is 12.4. The molecule has 17 heavy (non-hydrogen) atoms. The molecular formula is C16H32N+. The molecule has 4 atom stereocenters. The molecule has 0 aromatic rings. The van der Waals surface area contributed by atoms with Crippen LogP contribution in [0.1, 0.15) is 59.8 Å². The number of hydrogen-bond donors (Lipinski definition) is 0. The van der Waals surface area contributed by atoms with Gasteiger partial charge in [0.05, 0.1) is 25.7 Å². The SMILES string of the molecule is CC1CC(C)C(C)[N+]2(CCCCCC2)CC1C. The summed E-state index contributed by atoms with van der Waals surface area (Å²) in [6.45, 7) is 14.4. The van der Waals surface area contributed by atoms with Crippen molar-refractivity contribution in [2.24, 2.45) is 17.8 Å². The first-order valence-corrected chi connectivity index (χ1v) is 7.91. The van der Waals surface area contributed by atoms with Gasteiger partial charge in [0.2, 0.25) is 0 Å². The molecule has 1 heteroatoms. The van der Waals surface area contributed by atoms with Crippen LogP contribution < -0.4 is 0 Å². The maximum absolute atomic E-state index is 2.54. The third-order valence-electron chi connectivity index (χ3n) is 6.01. The summed E-state index contributed by atoms with van der Waals surface area (Å²) in [6, 6.07) is 0.889. The molecule has 2 aliphatic heterocycles. The van der Waals surface area contributed by atoms with Gasteiger partial charge in [-0.05, 0) is 44.9 Å². The van der Waals surface area contributed by atoms with Gasteiger partial charge in [0, 0.05) is 11.8 Å². The van der Waals surface area contributed by atoms with Gasteiger partial charge in [0.1, 0.15) is 0 Å². The largest absolute Gasteiger partial charge is 0.321 e. The Morgan fingerprint density at radius 2 is 1.29 bits per heavy atom. The number of nitrogens with zero attached hydrogens (tertiary/aromatic N) is 1. The fraction of sp³-hybridized carbons (Fsp3) is 1.00. The zero-order valence-corrected chi connectivity index (χ0v) is 12.4. The Morgan fingerprint density at radius 1 is 0.706 bits per heavy atom. The molecule has 0 N–H and O–H groups in total. The van der Waals surface area contributed by atoms with Gasteiger partial charge in [0.15, 0.2) is 0 Å². The molecule has 0 radical (unpaired) electrons. The minimum Gasteiger partial charge on any atom is -0.321 e. The van der Waals surface area contributed by atoms with Crippen molar-refractivity contribution < 1.29 is 4.48 Å². The van der Waals surface area contributed by atoms with Crippen LogP contribution in [0.3, 0.4) is 0 Å². The Balaban J connectivity index is 2.21. The number of hydrogen-bond acceptors (Lipinski definition) is 0. The topological polar surface area (TPSA) is 0 Å². The van der Waals surface area contributed by atoms with Crippen molar-refractivity contribution in [3.63, 3.8) is 0 Å². The smallest absolute Gasteiger partial charge is 0.0887 e. The lowest BCUT2D eigenvalue weighted by Crippen LogP contribution is -2.57. The van der Waals surface area contributed by atoms with E-state index in [4.69, 9.17) is 0 Å². The van der Waals surface area contributed by atoms with E-state index in [9.17, 15) is 0 Å². The summed E-state index contributed by atoms with van der Waals surface area (Å²) >= 11 is 0. The molecule has 2 rings (SSSR count). The van der Waals surface area contributed by atoms with Gasteiger partial charge in [-0.25, -0.2) is 0 Å². The predicted octanol–water partition coefficient (Wildman–Crippen LogP) is 4.08. The van der Waals surface area contributed by atoms with Crippen molar-refractivity contribution in [3.8, 4) is 0 Å². The van der Waals surface area contributed by atoms with E-state index in [-0.39, 0.29) is 0 Å². The Hall–Kier alpha value is -0.0400. The van der Waals surface area contributed by atoms with Gasteiger partial charge in [0.25, 0.3) is 0 Å². The average molecular weight is 238 g/mol. The van der Waals surface area contributed by atoms with Crippen molar-refractivity contribution in [2.45, 2.75) is 65.8 Å². The van der Waals surface area contributed by atoms with E-state index in [0.717, 1.165) is 23.8 Å². The first-order valence-electron chi connectivity index (χ1n) is 7.91. The molecule has 0 amide bonds. The van der Waals surface area contributed by atoms with Crippen molar-refractivity contribution in [3.05, 3.63) is 0 Å². The van der Waals surface area contributed by atoms with Crippen LogP contribution in [0.15, 0.2) is 0 Å². The van der Waals surface area contributed by atoms with E-state index >= 15 is 0 Å². The minimum atomic E-state index is 0.889. The second-order valence-electron chi connectivity index (χ2n) is 7.17. The van der Waals surface area contributed by atoms with Crippen molar-refractivity contribution in [1.82, 2.24) is 0 Å². The molecule has 0 bridgehead atoms. The van der Waals surface area contributed by atoms with Gasteiger partial charge in [-0.15, -0.1) is 0 Å². The van der Waals surface area contributed by atoms with Crippen LogP contribution in [-0.2, 0) is 0 Å². The summed E-state index contributed by atoms with van der Waals surface area (Å²) in [4.78, 5) is 0. The highest BCUT2D eigenvalue weighted by atomic mass is 15.4. The first-order chi connectivity index (χ1) is 8.05. The van der Waals surface area contributed by atoms with E-state index in [2.05, 4.69) is 27.7 Å². The second kappa shape index (κ2) is 5.30. The standard InChI is InChI=1S/C16H32N/c1-13-11-14(2)16(4)17(12-15(13)3)9-7-5-6-8-10-17/h13-16H,5-12H2,1-4H3/q+1. The monoisotopic (exact) mass is 238 g/mol. The summed E-state index contributed by atoms with van der Waals surface area (Å²) < 4.78 is 1.45. The van der Waals surface area contributed by atoms with Gasteiger partial charge in [-0.3, -0.25) is 0 Å². The van der Waals surface area contributed by atoms with Crippen LogP contribution >= 0.6 is 0 Å². The van der Waals surface area contributed by atoms with E-state index in [1.165, 1.54) is 56.2 Å². The van der Waals surface area contributed by atoms with E-state index < -0.39 is 0 Å². The summed E-state index contributed by atoms with van der Waals surface area (Å²) in [5.74, 6) is 2.75. The molecule has 0 saturated carbocycles. The molecular weight excluding hydrogens is 206 g/mol. The highest BCUT2D eigenvalue weighted by Crippen LogP contribution is 2.36. The fourth-order valence-corrected chi connectivity index (χ4v) is 4.38. The molecule has 2 saturated heterocycles. The van der Waals surface area contributed by atoms with E-state index in [1.54, 1.807) is 0 Å². The molecule has 2 fully saturated rings. The zero-order chi connectivity index (χ0) is 12.5. The summed E-state index contributed by atoms with van der Waals surface area (Å²) in [7, 11) is 0. The van der Waals surface area contributed by atoms with Gasteiger partial charge >= 0.3 is 0 Å². The van der Waals surface area contributed by atoms with Crippen LogP contribution in [0.4, 0.5) is 0 Å². The van der Waals surface area contributed by atoms with Crippen LogP contribution in [0, 0.1) is 17.8 Å². The van der Waals surface area contributed by atoms with Crippen molar-refractivity contribution >= 4 is 0 Å². The molecule has 0 aromatic heterocycles. The maximum Gasteiger partial charge on any atom is 0.0887 e. The molecule has 1 spiro atoms. The highest BCUT2D eigenvalue weighted by molar-refractivity contribution is 4.76. The van der Waals surface area contributed by atoms with E-state index in [1.807, 2.05) is 0 Å². The second-order valence-corrected chi connectivity index (χ2v) is 7.17. The normalized spacial score (nSPS) is 43.1. The van der Waals surface area contributed by atoms with Crippen LogP contribution in [-0.4, -0.2) is 30.2 Å². The Kier molecular flexibility index (Phi) is 4.18. The molecule has 0 aromatic carbocycles. The predicted molar refractivity (Wildman–Crippen MR) is 74.9 cm³/mol. The lowest BCUT2D eigenvalue weighted by Gasteiger charge is -2.45. The van der Waals surface area contributed by atoms with Crippen molar-refractivity contribution in [1.29, 1.82) is 0 Å². The number of rotatable bonds is 0. The van der Waals surface area contributed by atoms with Crippen LogP contribution in [0.25, 0.3) is 0 Å². The quantitative estimate of drug-likeness (QED) is 0.558. The Morgan fingerprint density at radius 3 is 1.88 bits per heavy atom. The molecule has 0 aliphatic carbocycles. The summed E-state index contributed by atoms with van der Waals surface area (Å²) in [5, 5.41) is 0. The van der Waals surface area contributed by atoms with Crippen LogP contribution in [0.5, 0.6) is 0 Å². The summed E-state index contributed by atoms with van der Waals surface area (Å²) in [5.41, 5.74) is 0. The van der Waals surface area contributed by atoms with Gasteiger partial charge in [-0.2, -0.15) is 0 Å². The molecule has 1 nitrogen and oxygen atoms in total. The molecule has 2 heterocycles. The van der Waals surface area contributed by atoms with Gasteiger partial charge in [-0.1, -0.05) is 20.8 Å². The van der Waals surface area contributed by atoms with Crippen molar-refractivity contribution in [2.75, 3.05) is 19.6 Å². The third kappa shape index (κ3) is 2.70. The molecule has 4 unspecified atom stereocenters. The lowest BCUT2D eigenvalue weighted by molar-refractivity contribution is -0.953. The average Bonchev–Trinajstić information content (AvgIpc) is 2.56. The highest BCUT2D eigenvalue weighted by Gasteiger charge is 2.42. The first kappa shape index (κ1) is 13.4. The Bertz CT molecular complexity index is 240. The minimum absolute atomic E-state index is 0.889. The van der Waals surface area contributed by atoms with E-state index in [0.29, 0.717) is 0 Å². The Labute approximate surface area is 108 Å². The fourth-order valence-electron chi connectivity index (χ4n) is 4.38.